The predicted molar refractivity (Wildman–Crippen MR) is 101 cm³/mol. The molecular weight excluding hydrogens is 332 g/mol. The lowest BCUT2D eigenvalue weighted by Gasteiger charge is -2.09. The van der Waals surface area contributed by atoms with Gasteiger partial charge in [0.25, 0.3) is 0 Å². The molecular formula is C20H18N2O2S. The van der Waals surface area contributed by atoms with Crippen molar-refractivity contribution in [2.45, 2.75) is 11.3 Å². The zero-order valence-electron chi connectivity index (χ0n) is 13.6. The van der Waals surface area contributed by atoms with Crippen LogP contribution in [0.25, 0.3) is 21.7 Å². The zero-order chi connectivity index (χ0) is 17.3. The Morgan fingerprint density at radius 1 is 0.840 bits per heavy atom. The lowest BCUT2D eigenvalue weighted by molar-refractivity contribution is 0.582. The Hall–Kier alpha value is -2.63. The van der Waals surface area contributed by atoms with Crippen molar-refractivity contribution in [3.05, 3.63) is 78.5 Å². The number of benzene rings is 3. The van der Waals surface area contributed by atoms with E-state index in [1.165, 1.54) is 0 Å². The van der Waals surface area contributed by atoms with E-state index >= 15 is 0 Å². The number of sulfonamides is 1. The van der Waals surface area contributed by atoms with Crippen LogP contribution in [0.4, 0.5) is 0 Å². The highest BCUT2D eigenvalue weighted by atomic mass is 32.2. The molecule has 0 unspecified atom stereocenters. The van der Waals surface area contributed by atoms with Gasteiger partial charge in [-0.2, -0.15) is 0 Å². The minimum atomic E-state index is -3.55. The van der Waals surface area contributed by atoms with Crippen LogP contribution in [-0.4, -0.2) is 19.9 Å². The molecule has 25 heavy (non-hydrogen) atoms. The number of hydrogen-bond donors (Lipinski definition) is 2. The summed E-state index contributed by atoms with van der Waals surface area (Å²) in [6, 6.07) is 20.9. The maximum Gasteiger partial charge on any atom is 0.241 e. The average Bonchev–Trinajstić information content (AvgIpc) is 3.04. The van der Waals surface area contributed by atoms with Crippen molar-refractivity contribution in [1.29, 1.82) is 0 Å². The fraction of sp³-hybridized carbons (Fsp3) is 0.100. The lowest BCUT2D eigenvalue weighted by atomic mass is 10.1. The van der Waals surface area contributed by atoms with E-state index in [1.807, 2.05) is 60.8 Å². The Morgan fingerprint density at radius 3 is 2.44 bits per heavy atom. The lowest BCUT2D eigenvalue weighted by Crippen LogP contribution is -2.26. The number of fused-ring (bicyclic) bond motifs is 2. The third-order valence-corrected chi connectivity index (χ3v) is 5.92. The van der Waals surface area contributed by atoms with Crippen LogP contribution in [0.2, 0.25) is 0 Å². The second kappa shape index (κ2) is 6.35. The third-order valence-electron chi connectivity index (χ3n) is 4.40. The van der Waals surface area contributed by atoms with Gasteiger partial charge in [-0.25, -0.2) is 13.1 Å². The van der Waals surface area contributed by atoms with Crippen LogP contribution in [0.1, 0.15) is 5.56 Å². The summed E-state index contributed by atoms with van der Waals surface area (Å²) < 4.78 is 28.2. The summed E-state index contributed by atoms with van der Waals surface area (Å²) >= 11 is 0. The third kappa shape index (κ3) is 3.04. The molecule has 1 heterocycles. The summed E-state index contributed by atoms with van der Waals surface area (Å²) in [4.78, 5) is 3.54. The van der Waals surface area contributed by atoms with Gasteiger partial charge in [-0.05, 0) is 29.5 Å². The molecule has 0 saturated heterocycles. The highest BCUT2D eigenvalue weighted by Gasteiger charge is 2.16. The van der Waals surface area contributed by atoms with E-state index in [4.69, 9.17) is 0 Å². The molecule has 4 aromatic rings. The largest absolute Gasteiger partial charge is 0.361 e. The van der Waals surface area contributed by atoms with Gasteiger partial charge in [-0.1, -0.05) is 54.6 Å². The predicted octanol–water partition coefficient (Wildman–Crippen LogP) is 3.84. The van der Waals surface area contributed by atoms with Gasteiger partial charge in [0.15, 0.2) is 0 Å². The Bertz CT molecular complexity index is 1140. The van der Waals surface area contributed by atoms with E-state index in [2.05, 4.69) is 9.71 Å². The van der Waals surface area contributed by atoms with E-state index in [0.717, 1.165) is 27.2 Å². The molecule has 0 saturated carbocycles. The van der Waals surface area contributed by atoms with Gasteiger partial charge in [-0.3, -0.25) is 0 Å². The van der Waals surface area contributed by atoms with Crippen LogP contribution < -0.4 is 4.72 Å². The monoisotopic (exact) mass is 350 g/mol. The molecule has 0 aliphatic rings. The summed E-state index contributed by atoms with van der Waals surface area (Å²) in [5, 5.41) is 2.79. The zero-order valence-corrected chi connectivity index (χ0v) is 14.4. The summed E-state index contributed by atoms with van der Waals surface area (Å²) in [5.41, 5.74) is 2.17. The first-order chi connectivity index (χ1) is 12.1. The number of nitrogens with one attached hydrogen (secondary N) is 2. The molecule has 2 N–H and O–H groups in total. The normalized spacial score (nSPS) is 12.0. The van der Waals surface area contributed by atoms with Crippen LogP contribution in [0.3, 0.4) is 0 Å². The topological polar surface area (TPSA) is 62.0 Å². The summed E-state index contributed by atoms with van der Waals surface area (Å²) in [7, 11) is -3.55. The van der Waals surface area contributed by atoms with Gasteiger partial charge in [0.05, 0.1) is 4.90 Å². The highest BCUT2D eigenvalue weighted by molar-refractivity contribution is 7.89. The van der Waals surface area contributed by atoms with E-state index in [9.17, 15) is 8.42 Å². The number of rotatable bonds is 5. The molecule has 1 aromatic heterocycles. The van der Waals surface area contributed by atoms with Crippen molar-refractivity contribution in [3.63, 3.8) is 0 Å². The first kappa shape index (κ1) is 15.9. The number of aromatic amines is 1. The van der Waals surface area contributed by atoms with Gasteiger partial charge in [-0.15, -0.1) is 0 Å². The summed E-state index contributed by atoms with van der Waals surface area (Å²) in [5.74, 6) is 0. The summed E-state index contributed by atoms with van der Waals surface area (Å²) in [6.07, 6.45) is 2.57. The number of para-hydroxylation sites is 1. The first-order valence-electron chi connectivity index (χ1n) is 8.17. The molecule has 0 fully saturated rings. The van der Waals surface area contributed by atoms with E-state index in [0.29, 0.717) is 17.9 Å². The molecule has 4 rings (SSSR count). The van der Waals surface area contributed by atoms with E-state index < -0.39 is 10.0 Å². The highest BCUT2D eigenvalue weighted by Crippen LogP contribution is 2.23. The van der Waals surface area contributed by atoms with Gasteiger partial charge in [0.1, 0.15) is 0 Å². The molecule has 0 aliphatic carbocycles. The second-order valence-corrected chi connectivity index (χ2v) is 7.72. The Labute approximate surface area is 146 Å². The van der Waals surface area contributed by atoms with Crippen molar-refractivity contribution in [2.75, 3.05) is 6.54 Å². The summed E-state index contributed by atoms with van der Waals surface area (Å²) in [6.45, 7) is 0.355. The maximum atomic E-state index is 12.7. The molecule has 0 aliphatic heterocycles. The molecule has 3 aromatic carbocycles. The molecule has 5 heteroatoms. The average molecular weight is 350 g/mol. The molecule has 0 amide bonds. The minimum absolute atomic E-state index is 0.324. The molecule has 0 bridgehead atoms. The van der Waals surface area contributed by atoms with Crippen molar-refractivity contribution < 1.29 is 8.42 Å². The van der Waals surface area contributed by atoms with Crippen molar-refractivity contribution in [2.24, 2.45) is 0 Å². The first-order valence-corrected chi connectivity index (χ1v) is 9.66. The Balaban J connectivity index is 1.55. The van der Waals surface area contributed by atoms with E-state index in [-0.39, 0.29) is 0 Å². The van der Waals surface area contributed by atoms with Crippen LogP contribution in [-0.2, 0) is 16.4 Å². The van der Waals surface area contributed by atoms with Crippen LogP contribution in [0.15, 0.2) is 77.8 Å². The van der Waals surface area contributed by atoms with Crippen molar-refractivity contribution in [1.82, 2.24) is 9.71 Å². The van der Waals surface area contributed by atoms with Crippen molar-refractivity contribution in [3.8, 4) is 0 Å². The smallest absolute Gasteiger partial charge is 0.241 e. The molecule has 0 spiro atoms. The number of H-pyrrole nitrogens is 1. The maximum absolute atomic E-state index is 12.7. The van der Waals surface area contributed by atoms with Crippen LogP contribution in [0.5, 0.6) is 0 Å². The van der Waals surface area contributed by atoms with E-state index in [1.54, 1.807) is 12.1 Å². The number of hydrogen-bond acceptors (Lipinski definition) is 2. The van der Waals surface area contributed by atoms with Gasteiger partial charge >= 0.3 is 0 Å². The molecule has 126 valence electrons. The van der Waals surface area contributed by atoms with Crippen LogP contribution in [0, 0.1) is 0 Å². The SMILES string of the molecule is O=S(=O)(NCCc1c[nH]c2ccccc12)c1cccc2ccccc12. The minimum Gasteiger partial charge on any atom is -0.361 e. The van der Waals surface area contributed by atoms with Crippen LogP contribution >= 0.6 is 0 Å². The standard InChI is InChI=1S/C20H18N2O2S/c23-25(24,20-11-5-7-15-6-1-2-9-18(15)20)22-13-12-16-14-21-19-10-4-3-8-17(16)19/h1-11,14,21-22H,12-13H2. The number of aromatic nitrogens is 1. The Morgan fingerprint density at radius 2 is 1.56 bits per heavy atom. The molecule has 4 nitrogen and oxygen atoms in total. The fourth-order valence-electron chi connectivity index (χ4n) is 3.17. The second-order valence-electron chi connectivity index (χ2n) is 5.98. The van der Waals surface area contributed by atoms with Crippen molar-refractivity contribution >= 4 is 31.7 Å². The van der Waals surface area contributed by atoms with Gasteiger partial charge < -0.3 is 4.98 Å². The molecule has 0 radical (unpaired) electrons. The fourth-order valence-corrected chi connectivity index (χ4v) is 4.43. The van der Waals surface area contributed by atoms with Gasteiger partial charge in [0.2, 0.25) is 10.0 Å². The van der Waals surface area contributed by atoms with Gasteiger partial charge in [0, 0.05) is 29.0 Å². The quantitative estimate of drug-likeness (QED) is 0.574. The Kier molecular flexibility index (Phi) is 4.03. The molecule has 0 atom stereocenters.